The summed E-state index contributed by atoms with van der Waals surface area (Å²) in [5.74, 6) is -4.10. The van der Waals surface area contributed by atoms with Crippen molar-refractivity contribution in [2.75, 3.05) is 6.61 Å². The largest absolute Gasteiger partial charge is 0.370 e. The molecular weight excluding hydrogens is 419 g/mol. The molecule has 1 amide bonds. The summed E-state index contributed by atoms with van der Waals surface area (Å²) in [6, 6.07) is 6.43. The molecule has 0 bridgehead atoms. The molecule has 0 saturated carbocycles. The van der Waals surface area contributed by atoms with Gasteiger partial charge in [0.05, 0.1) is 11.2 Å². The number of aromatic nitrogens is 2. The van der Waals surface area contributed by atoms with Crippen molar-refractivity contribution in [2.45, 2.75) is 32.3 Å². The highest BCUT2D eigenvalue weighted by Crippen LogP contribution is 2.47. The Kier molecular flexibility index (Phi) is 5.73. The van der Waals surface area contributed by atoms with Crippen LogP contribution in [0.3, 0.4) is 0 Å². The SMILES string of the molecule is CC1CCCOC1(C)c1c(F)c(-c2c(F)cccc2F)nc(C(N)=O)c1-c1cccnc1. The van der Waals surface area contributed by atoms with E-state index in [1.165, 1.54) is 18.5 Å². The van der Waals surface area contributed by atoms with E-state index in [9.17, 15) is 13.6 Å². The van der Waals surface area contributed by atoms with Gasteiger partial charge in [-0.05, 0) is 43.9 Å². The van der Waals surface area contributed by atoms with Crippen molar-refractivity contribution in [1.82, 2.24) is 9.97 Å². The number of nitrogens with zero attached hydrogens (tertiary/aromatic N) is 2. The summed E-state index contributed by atoms with van der Waals surface area (Å²) in [7, 11) is 0. The minimum absolute atomic E-state index is 0.0147. The van der Waals surface area contributed by atoms with Crippen molar-refractivity contribution in [1.29, 1.82) is 0 Å². The Balaban J connectivity index is 2.16. The maximum Gasteiger partial charge on any atom is 0.267 e. The van der Waals surface area contributed by atoms with E-state index >= 15 is 4.39 Å². The summed E-state index contributed by atoms with van der Waals surface area (Å²) in [6.45, 7) is 3.98. The van der Waals surface area contributed by atoms with Crippen LogP contribution >= 0.6 is 0 Å². The van der Waals surface area contributed by atoms with Crippen LogP contribution in [0.1, 0.15) is 42.7 Å². The number of carbonyl (C=O) groups is 1. The van der Waals surface area contributed by atoms with Crippen LogP contribution in [0.5, 0.6) is 0 Å². The highest BCUT2D eigenvalue weighted by Gasteiger charge is 2.43. The second-order valence-corrected chi connectivity index (χ2v) is 8.07. The number of pyridine rings is 2. The maximum absolute atomic E-state index is 16.3. The molecule has 166 valence electrons. The molecule has 3 aromatic rings. The molecule has 0 radical (unpaired) electrons. The number of nitrogens with two attached hydrogens (primary N) is 1. The Labute approximate surface area is 183 Å². The zero-order chi connectivity index (χ0) is 23.0. The fraction of sp³-hybridized carbons (Fsp3) is 0.292. The van der Waals surface area contributed by atoms with E-state index in [1.54, 1.807) is 19.1 Å². The van der Waals surface area contributed by atoms with Crippen LogP contribution in [0.15, 0.2) is 42.7 Å². The normalized spacial score (nSPS) is 20.8. The number of rotatable bonds is 4. The Morgan fingerprint density at radius 2 is 1.88 bits per heavy atom. The van der Waals surface area contributed by atoms with Gasteiger partial charge in [-0.15, -0.1) is 0 Å². The Hall–Kier alpha value is -3.26. The van der Waals surface area contributed by atoms with Crippen LogP contribution < -0.4 is 5.73 Å². The molecular formula is C24H22F3N3O2. The third kappa shape index (κ3) is 3.54. The van der Waals surface area contributed by atoms with E-state index in [-0.39, 0.29) is 22.7 Å². The lowest BCUT2D eigenvalue weighted by molar-refractivity contribution is -0.108. The number of ether oxygens (including phenoxy) is 1. The van der Waals surface area contributed by atoms with Crippen molar-refractivity contribution in [3.63, 3.8) is 0 Å². The van der Waals surface area contributed by atoms with Crippen LogP contribution in [0.25, 0.3) is 22.4 Å². The molecule has 0 spiro atoms. The molecule has 2 atom stereocenters. The van der Waals surface area contributed by atoms with Gasteiger partial charge < -0.3 is 10.5 Å². The predicted octanol–water partition coefficient (Wildman–Crippen LogP) is 4.99. The van der Waals surface area contributed by atoms with Crippen molar-refractivity contribution >= 4 is 5.91 Å². The van der Waals surface area contributed by atoms with Crippen molar-refractivity contribution in [3.05, 3.63) is 71.4 Å². The summed E-state index contributed by atoms with van der Waals surface area (Å²) in [4.78, 5) is 20.6. The summed E-state index contributed by atoms with van der Waals surface area (Å²) in [5, 5.41) is 0. The van der Waals surface area contributed by atoms with Crippen LogP contribution in [0.2, 0.25) is 0 Å². The average molecular weight is 441 g/mol. The van der Waals surface area contributed by atoms with Crippen molar-refractivity contribution in [2.24, 2.45) is 11.7 Å². The van der Waals surface area contributed by atoms with Gasteiger partial charge in [-0.2, -0.15) is 0 Å². The first-order chi connectivity index (χ1) is 15.3. The third-order valence-corrected chi connectivity index (χ3v) is 6.14. The Bertz CT molecular complexity index is 1170. The molecule has 5 nitrogen and oxygen atoms in total. The molecule has 1 aromatic carbocycles. The first kappa shape index (κ1) is 22.0. The summed E-state index contributed by atoms with van der Waals surface area (Å²) in [6.07, 6.45) is 4.50. The standard InChI is InChI=1S/C24H22F3N3O2/c1-13-6-5-11-32-24(13,2)19-17(14-7-4-10-29-12-14)22(23(28)31)30-21(20(19)27)18-15(25)8-3-9-16(18)26/h3-4,7-10,12-13H,5-6,11H2,1-2H3,(H2,28,31). The van der Waals surface area contributed by atoms with Gasteiger partial charge in [0.25, 0.3) is 5.91 Å². The van der Waals surface area contributed by atoms with E-state index in [0.29, 0.717) is 12.2 Å². The van der Waals surface area contributed by atoms with Gasteiger partial charge in [0.1, 0.15) is 23.0 Å². The van der Waals surface area contributed by atoms with Crippen molar-refractivity contribution < 1.29 is 22.7 Å². The molecule has 2 N–H and O–H groups in total. The minimum Gasteiger partial charge on any atom is -0.370 e. The number of carbonyl (C=O) groups excluding carboxylic acids is 1. The van der Waals surface area contributed by atoms with Gasteiger partial charge in [-0.1, -0.05) is 19.1 Å². The van der Waals surface area contributed by atoms with Crippen LogP contribution in [0.4, 0.5) is 13.2 Å². The smallest absolute Gasteiger partial charge is 0.267 e. The van der Waals surface area contributed by atoms with Gasteiger partial charge in [-0.25, -0.2) is 18.2 Å². The van der Waals surface area contributed by atoms with Gasteiger partial charge in [0.2, 0.25) is 0 Å². The molecule has 2 unspecified atom stereocenters. The summed E-state index contributed by atoms with van der Waals surface area (Å²) < 4.78 is 51.6. The number of benzene rings is 1. The number of amides is 1. The highest BCUT2D eigenvalue weighted by atomic mass is 19.1. The highest BCUT2D eigenvalue weighted by molar-refractivity contribution is 5.99. The molecule has 32 heavy (non-hydrogen) atoms. The molecule has 1 aliphatic heterocycles. The van der Waals surface area contributed by atoms with E-state index in [4.69, 9.17) is 10.5 Å². The summed E-state index contributed by atoms with van der Waals surface area (Å²) >= 11 is 0. The topological polar surface area (TPSA) is 78.1 Å². The number of primary amides is 1. The lowest BCUT2D eigenvalue weighted by Gasteiger charge is -2.41. The van der Waals surface area contributed by atoms with E-state index < -0.39 is 40.2 Å². The molecule has 1 saturated heterocycles. The number of hydrogen-bond acceptors (Lipinski definition) is 4. The predicted molar refractivity (Wildman–Crippen MR) is 113 cm³/mol. The molecule has 8 heteroatoms. The molecule has 4 rings (SSSR count). The fourth-order valence-corrected chi connectivity index (χ4v) is 4.30. The van der Waals surface area contributed by atoms with Gasteiger partial charge in [0, 0.05) is 35.7 Å². The monoisotopic (exact) mass is 441 g/mol. The second kappa shape index (κ2) is 8.35. The molecule has 2 aromatic heterocycles. The third-order valence-electron chi connectivity index (χ3n) is 6.14. The zero-order valence-electron chi connectivity index (χ0n) is 17.7. The minimum atomic E-state index is -1.20. The molecule has 1 aliphatic rings. The average Bonchev–Trinajstić information content (AvgIpc) is 2.76. The molecule has 3 heterocycles. The van der Waals surface area contributed by atoms with Crippen LogP contribution in [-0.2, 0) is 10.3 Å². The zero-order valence-corrected chi connectivity index (χ0v) is 17.7. The van der Waals surface area contributed by atoms with E-state index in [1.807, 2.05) is 6.92 Å². The Morgan fingerprint density at radius 3 is 2.47 bits per heavy atom. The number of halogens is 3. The van der Waals surface area contributed by atoms with E-state index in [2.05, 4.69) is 9.97 Å². The van der Waals surface area contributed by atoms with Gasteiger partial charge >= 0.3 is 0 Å². The first-order valence-electron chi connectivity index (χ1n) is 10.3. The molecule has 1 fully saturated rings. The lowest BCUT2D eigenvalue weighted by atomic mass is 9.75. The quantitative estimate of drug-likeness (QED) is 0.619. The van der Waals surface area contributed by atoms with Crippen LogP contribution in [0, 0.1) is 23.4 Å². The first-order valence-corrected chi connectivity index (χ1v) is 10.3. The van der Waals surface area contributed by atoms with E-state index in [0.717, 1.165) is 25.0 Å². The summed E-state index contributed by atoms with van der Waals surface area (Å²) in [5.41, 5.74) is 3.32. The van der Waals surface area contributed by atoms with Crippen molar-refractivity contribution in [3.8, 4) is 22.4 Å². The Morgan fingerprint density at radius 1 is 1.16 bits per heavy atom. The van der Waals surface area contributed by atoms with Crippen LogP contribution in [-0.4, -0.2) is 22.5 Å². The maximum atomic E-state index is 16.3. The lowest BCUT2D eigenvalue weighted by Crippen LogP contribution is -2.40. The fourth-order valence-electron chi connectivity index (χ4n) is 4.30. The van der Waals surface area contributed by atoms with Gasteiger partial charge in [0.15, 0.2) is 5.82 Å². The van der Waals surface area contributed by atoms with Gasteiger partial charge in [-0.3, -0.25) is 9.78 Å². The molecule has 0 aliphatic carbocycles. The second-order valence-electron chi connectivity index (χ2n) is 8.07. The number of hydrogen-bond donors (Lipinski definition) is 1.